The first-order chi connectivity index (χ1) is 13.0. The summed E-state index contributed by atoms with van der Waals surface area (Å²) < 4.78 is 0. The van der Waals surface area contributed by atoms with E-state index in [0.717, 1.165) is 49.9 Å². The Morgan fingerprint density at radius 3 is 2.81 bits per heavy atom. The second-order valence-corrected chi connectivity index (χ2v) is 7.77. The third-order valence-corrected chi connectivity index (χ3v) is 5.54. The van der Waals surface area contributed by atoms with E-state index in [1.54, 1.807) is 6.21 Å². The lowest BCUT2D eigenvalue weighted by molar-refractivity contribution is -0.138. The predicted octanol–water partition coefficient (Wildman–Crippen LogP) is 1.22. The monoisotopic (exact) mass is 389 g/mol. The van der Waals surface area contributed by atoms with Gasteiger partial charge in [0.05, 0.1) is 12.6 Å². The number of carboxylic acids is 1. The number of anilines is 1. The van der Waals surface area contributed by atoms with Crippen molar-refractivity contribution < 1.29 is 14.7 Å². The van der Waals surface area contributed by atoms with Crippen LogP contribution in [0.15, 0.2) is 34.5 Å². The molecule has 2 N–H and O–H groups in total. The number of carboxylic acid groups (broad SMARTS) is 1. The summed E-state index contributed by atoms with van der Waals surface area (Å²) >= 11 is 1.09. The zero-order chi connectivity index (χ0) is 19.2. The summed E-state index contributed by atoms with van der Waals surface area (Å²) in [5.74, 6) is -1.35. The van der Waals surface area contributed by atoms with Crippen LogP contribution in [0, 0.1) is 0 Å². The summed E-state index contributed by atoms with van der Waals surface area (Å²) in [5.41, 5.74) is 2.11. The highest BCUT2D eigenvalue weighted by Gasteiger charge is 2.32. The van der Waals surface area contributed by atoms with Gasteiger partial charge in [-0.3, -0.25) is 9.59 Å². The average Bonchev–Trinajstić information content (AvgIpc) is 2.83. The third-order valence-electron chi connectivity index (χ3n) is 4.47. The van der Waals surface area contributed by atoms with Crippen molar-refractivity contribution in [1.82, 2.24) is 10.2 Å². The molecule has 0 saturated carbocycles. The van der Waals surface area contributed by atoms with Crippen molar-refractivity contribution in [3.05, 3.63) is 29.8 Å². The van der Waals surface area contributed by atoms with E-state index < -0.39 is 11.2 Å². The average molecular weight is 389 g/mol. The Kier molecular flexibility index (Phi) is 6.46. The van der Waals surface area contributed by atoms with Gasteiger partial charge in [-0.1, -0.05) is 23.9 Å². The van der Waals surface area contributed by atoms with E-state index in [1.165, 1.54) is 5.69 Å². The third kappa shape index (κ3) is 5.54. The molecular weight excluding hydrogens is 366 g/mol. The smallest absolute Gasteiger partial charge is 0.305 e. The van der Waals surface area contributed by atoms with Crippen LogP contribution in [0.1, 0.15) is 18.4 Å². The van der Waals surface area contributed by atoms with E-state index in [-0.39, 0.29) is 12.3 Å². The topological polar surface area (TPSA) is 97.6 Å². The molecule has 1 amide bonds. The maximum Gasteiger partial charge on any atom is 0.305 e. The van der Waals surface area contributed by atoms with E-state index in [9.17, 15) is 9.59 Å². The predicted molar refractivity (Wildman–Crippen MR) is 108 cm³/mol. The van der Waals surface area contributed by atoms with E-state index in [4.69, 9.17) is 5.11 Å². The minimum atomic E-state index is -1.01. The number of aliphatic carboxylic acids is 1. The van der Waals surface area contributed by atoms with Gasteiger partial charge in [0.1, 0.15) is 5.25 Å². The zero-order valence-electron chi connectivity index (χ0n) is 15.2. The van der Waals surface area contributed by atoms with Gasteiger partial charge in [-0.15, -0.1) is 5.10 Å². The van der Waals surface area contributed by atoms with Crippen molar-refractivity contribution in [2.75, 3.05) is 38.1 Å². The van der Waals surface area contributed by atoms with Crippen molar-refractivity contribution >= 4 is 40.7 Å². The molecule has 144 valence electrons. The molecule has 0 radical (unpaired) electrons. The van der Waals surface area contributed by atoms with Crippen LogP contribution < -0.4 is 10.2 Å². The van der Waals surface area contributed by atoms with Gasteiger partial charge in [0, 0.05) is 25.3 Å². The Morgan fingerprint density at radius 2 is 2.07 bits per heavy atom. The first-order valence-corrected chi connectivity index (χ1v) is 9.73. The highest BCUT2D eigenvalue weighted by Crippen LogP contribution is 2.22. The van der Waals surface area contributed by atoms with Gasteiger partial charge in [0.25, 0.3) is 0 Å². The van der Waals surface area contributed by atoms with Gasteiger partial charge in [0.15, 0.2) is 5.17 Å². The Bertz CT molecular complexity index is 750. The van der Waals surface area contributed by atoms with Gasteiger partial charge < -0.3 is 20.2 Å². The van der Waals surface area contributed by atoms with E-state index >= 15 is 0 Å². The Hall–Kier alpha value is -2.39. The van der Waals surface area contributed by atoms with Crippen LogP contribution >= 0.6 is 11.8 Å². The fourth-order valence-electron chi connectivity index (χ4n) is 2.97. The van der Waals surface area contributed by atoms with Crippen molar-refractivity contribution in [1.29, 1.82) is 0 Å². The number of likely N-dealkylation sites (N-methyl/N-ethyl adjacent to an activating group) is 1. The fraction of sp³-hybridized carbons (Fsp3) is 0.444. The van der Waals surface area contributed by atoms with Crippen molar-refractivity contribution in [2.45, 2.75) is 18.1 Å². The van der Waals surface area contributed by atoms with Gasteiger partial charge in [-0.25, -0.2) is 0 Å². The molecular formula is C18H23N5O3S. The second kappa shape index (κ2) is 9.01. The quantitative estimate of drug-likeness (QED) is 0.581. The van der Waals surface area contributed by atoms with E-state index in [2.05, 4.69) is 44.5 Å². The number of amidine groups is 1. The highest BCUT2D eigenvalue weighted by molar-refractivity contribution is 8.15. The fourth-order valence-corrected chi connectivity index (χ4v) is 3.88. The van der Waals surface area contributed by atoms with Crippen LogP contribution in [0.5, 0.6) is 0 Å². The molecule has 0 bridgehead atoms. The molecule has 1 atom stereocenters. The summed E-state index contributed by atoms with van der Waals surface area (Å²) in [6.45, 7) is 4.27. The number of hydrogen-bond acceptors (Lipinski definition) is 7. The zero-order valence-corrected chi connectivity index (χ0v) is 16.0. The van der Waals surface area contributed by atoms with Crippen molar-refractivity contribution in [2.24, 2.45) is 10.2 Å². The number of benzene rings is 1. The van der Waals surface area contributed by atoms with Crippen LogP contribution in [0.25, 0.3) is 0 Å². The molecule has 9 heteroatoms. The Balaban J connectivity index is 1.57. The van der Waals surface area contributed by atoms with Crippen LogP contribution in [0.2, 0.25) is 0 Å². The lowest BCUT2D eigenvalue weighted by atomic mass is 10.2. The summed E-state index contributed by atoms with van der Waals surface area (Å²) in [6, 6.07) is 8.13. The molecule has 1 aromatic rings. The number of rotatable bonds is 5. The number of carbonyl (C=O) groups excluding carboxylic acids is 1. The lowest BCUT2D eigenvalue weighted by Gasteiger charge is -2.22. The van der Waals surface area contributed by atoms with E-state index in [0.29, 0.717) is 5.17 Å². The van der Waals surface area contributed by atoms with Gasteiger partial charge in [-0.2, -0.15) is 5.10 Å². The molecule has 1 unspecified atom stereocenters. The van der Waals surface area contributed by atoms with Crippen LogP contribution in [-0.4, -0.2) is 71.7 Å². The summed E-state index contributed by atoms with van der Waals surface area (Å²) in [6.07, 6.45) is 2.54. The van der Waals surface area contributed by atoms with Crippen LogP contribution in [0.3, 0.4) is 0 Å². The maximum atomic E-state index is 11.7. The molecule has 1 aromatic carbocycles. The van der Waals surface area contributed by atoms with Crippen LogP contribution in [-0.2, 0) is 9.59 Å². The SMILES string of the molecule is CN1CCCN(c2ccc(C=NN=C3NC(=O)C(CC(=O)O)S3)cc2)CC1. The molecule has 3 rings (SSSR count). The first-order valence-electron chi connectivity index (χ1n) is 8.85. The van der Waals surface area contributed by atoms with Crippen molar-refractivity contribution in [3.63, 3.8) is 0 Å². The molecule has 27 heavy (non-hydrogen) atoms. The van der Waals surface area contributed by atoms with Crippen LogP contribution in [0.4, 0.5) is 5.69 Å². The molecule has 2 aliphatic rings. The van der Waals surface area contributed by atoms with Crippen molar-refractivity contribution in [3.8, 4) is 0 Å². The number of thioether (sulfide) groups is 1. The molecule has 2 saturated heterocycles. The molecule has 8 nitrogen and oxygen atoms in total. The highest BCUT2D eigenvalue weighted by atomic mass is 32.2. The summed E-state index contributed by atoms with van der Waals surface area (Å²) in [4.78, 5) is 27.1. The minimum Gasteiger partial charge on any atom is -0.481 e. The number of nitrogens with one attached hydrogen (secondary N) is 1. The number of amides is 1. The van der Waals surface area contributed by atoms with Gasteiger partial charge in [-0.05, 0) is 37.7 Å². The molecule has 0 aliphatic carbocycles. The Morgan fingerprint density at radius 1 is 1.30 bits per heavy atom. The molecule has 0 aromatic heterocycles. The lowest BCUT2D eigenvalue weighted by Crippen LogP contribution is -2.28. The number of nitrogens with zero attached hydrogens (tertiary/aromatic N) is 4. The second-order valence-electron chi connectivity index (χ2n) is 6.58. The molecule has 2 fully saturated rings. The normalized spacial score (nSPS) is 23.0. The summed E-state index contributed by atoms with van der Waals surface area (Å²) in [5, 5.41) is 19.0. The molecule has 0 spiro atoms. The van der Waals surface area contributed by atoms with Gasteiger partial charge >= 0.3 is 5.97 Å². The first kappa shape index (κ1) is 19.4. The maximum absolute atomic E-state index is 11.7. The largest absolute Gasteiger partial charge is 0.481 e. The van der Waals surface area contributed by atoms with E-state index in [1.807, 2.05) is 12.1 Å². The van der Waals surface area contributed by atoms with Gasteiger partial charge in [0.2, 0.25) is 5.91 Å². The standard InChI is InChI=1S/C18H23N5O3S/c1-22-7-2-8-23(10-9-22)14-5-3-13(4-6-14)12-19-21-18-20-17(26)15(27-18)11-16(24)25/h3-6,12,15H,2,7-11H2,1H3,(H,24,25)(H,20,21,26). The molecule has 2 aliphatic heterocycles. The molecule has 2 heterocycles. The Labute approximate surface area is 162 Å². The summed E-state index contributed by atoms with van der Waals surface area (Å²) in [7, 11) is 2.15. The number of hydrogen-bond donors (Lipinski definition) is 2. The minimum absolute atomic E-state index is 0.229. The number of carbonyl (C=O) groups is 2.